The predicted octanol–water partition coefficient (Wildman–Crippen LogP) is -3.05. The van der Waals surface area contributed by atoms with E-state index in [-0.39, 0.29) is 37.5 Å². The first kappa shape index (κ1) is 31.2. The average Bonchev–Trinajstić information content (AvgIpc) is 2.83. The number of carboxylic acid groups (broad SMARTS) is 1. The third kappa shape index (κ3) is 12.1. The molecule has 0 bridgehead atoms. The quantitative estimate of drug-likeness (QED) is 0.0447. The molecule has 0 saturated heterocycles. The van der Waals surface area contributed by atoms with Crippen molar-refractivity contribution < 1.29 is 29.1 Å². The van der Waals surface area contributed by atoms with Gasteiger partial charge in [-0.3, -0.25) is 24.2 Å². The molecule has 0 saturated carbocycles. The summed E-state index contributed by atoms with van der Waals surface area (Å²) in [6.07, 6.45) is -0.0776. The molecular formula is C22H34N8O6S. The van der Waals surface area contributed by atoms with Gasteiger partial charge in [-0.25, -0.2) is 4.79 Å². The van der Waals surface area contributed by atoms with E-state index in [0.29, 0.717) is 5.56 Å². The number of carbonyl (C=O) groups excluding carboxylic acids is 4. The molecule has 0 radical (unpaired) electrons. The molecule has 204 valence electrons. The van der Waals surface area contributed by atoms with Gasteiger partial charge in [0, 0.05) is 18.7 Å². The van der Waals surface area contributed by atoms with E-state index >= 15 is 0 Å². The van der Waals surface area contributed by atoms with Gasteiger partial charge in [0.25, 0.3) is 0 Å². The van der Waals surface area contributed by atoms with Crippen molar-refractivity contribution in [2.75, 3.05) is 12.3 Å². The topological polar surface area (TPSA) is 258 Å². The van der Waals surface area contributed by atoms with Gasteiger partial charge in [0.15, 0.2) is 5.96 Å². The maximum atomic E-state index is 13.0. The minimum Gasteiger partial charge on any atom is -0.480 e. The van der Waals surface area contributed by atoms with E-state index in [1.54, 1.807) is 30.3 Å². The van der Waals surface area contributed by atoms with E-state index in [1.807, 2.05) is 0 Å². The van der Waals surface area contributed by atoms with Gasteiger partial charge in [0.2, 0.25) is 23.6 Å². The number of rotatable bonds is 16. The van der Waals surface area contributed by atoms with E-state index in [1.165, 1.54) is 0 Å². The second kappa shape index (κ2) is 16.0. The van der Waals surface area contributed by atoms with Gasteiger partial charge in [-0.05, 0) is 18.4 Å². The van der Waals surface area contributed by atoms with E-state index in [9.17, 15) is 29.1 Å². The predicted molar refractivity (Wildman–Crippen MR) is 139 cm³/mol. The number of aliphatic carboxylic acids is 1. The molecule has 4 atom stereocenters. The van der Waals surface area contributed by atoms with Gasteiger partial charge in [-0.1, -0.05) is 30.3 Å². The number of hydrogen-bond acceptors (Lipinski definition) is 8. The molecule has 0 fully saturated rings. The van der Waals surface area contributed by atoms with Crippen molar-refractivity contribution in [2.24, 2.45) is 27.9 Å². The number of nitrogens with one attached hydrogen (secondary N) is 3. The zero-order valence-electron chi connectivity index (χ0n) is 20.1. The van der Waals surface area contributed by atoms with Gasteiger partial charge >= 0.3 is 5.97 Å². The van der Waals surface area contributed by atoms with Crippen LogP contribution in [0.5, 0.6) is 0 Å². The van der Waals surface area contributed by atoms with Gasteiger partial charge < -0.3 is 44.0 Å². The van der Waals surface area contributed by atoms with Crippen LogP contribution in [-0.2, 0) is 30.4 Å². The Kier molecular flexibility index (Phi) is 13.5. The minimum atomic E-state index is -1.29. The molecule has 4 unspecified atom stereocenters. The summed E-state index contributed by atoms with van der Waals surface area (Å²) in [6, 6.07) is 3.77. The number of aliphatic imine (C=N–C) groups is 1. The standard InChI is InChI=1S/C22H34N8O6S/c23-13(10-17(24)31)18(32)28-14(7-4-8-27-22(25)26)19(33)30-16(11-37)20(34)29-15(21(35)36)9-12-5-2-1-3-6-12/h1-3,5-6,13-16,37H,4,7-11,23H2,(H2,24,31)(H,28,32)(H,29,34)(H,30,33)(H,35,36)(H4,25,26,27). The highest BCUT2D eigenvalue weighted by Crippen LogP contribution is 2.05. The maximum absolute atomic E-state index is 13.0. The van der Waals surface area contributed by atoms with Crippen molar-refractivity contribution in [3.8, 4) is 0 Å². The fourth-order valence-corrected chi connectivity index (χ4v) is 3.41. The van der Waals surface area contributed by atoms with Crippen LogP contribution >= 0.6 is 12.6 Å². The van der Waals surface area contributed by atoms with E-state index in [4.69, 9.17) is 22.9 Å². The van der Waals surface area contributed by atoms with Crippen molar-refractivity contribution in [3.05, 3.63) is 35.9 Å². The van der Waals surface area contributed by atoms with Crippen LogP contribution in [0, 0.1) is 0 Å². The van der Waals surface area contributed by atoms with Gasteiger partial charge in [-0.2, -0.15) is 12.6 Å². The molecule has 0 heterocycles. The largest absolute Gasteiger partial charge is 0.480 e. The van der Waals surface area contributed by atoms with Crippen LogP contribution in [0.25, 0.3) is 0 Å². The number of benzene rings is 1. The molecule has 0 spiro atoms. The van der Waals surface area contributed by atoms with Crippen LogP contribution in [0.3, 0.4) is 0 Å². The van der Waals surface area contributed by atoms with Crippen molar-refractivity contribution >= 4 is 48.2 Å². The zero-order valence-corrected chi connectivity index (χ0v) is 21.0. The van der Waals surface area contributed by atoms with Crippen LogP contribution < -0.4 is 38.9 Å². The summed E-state index contributed by atoms with van der Waals surface area (Å²) in [6.45, 7) is 0.158. The summed E-state index contributed by atoms with van der Waals surface area (Å²) >= 11 is 4.09. The first-order valence-electron chi connectivity index (χ1n) is 11.3. The molecule has 0 aliphatic rings. The van der Waals surface area contributed by atoms with Crippen LogP contribution in [-0.4, -0.2) is 77.1 Å². The first-order valence-corrected chi connectivity index (χ1v) is 12.0. The summed E-state index contributed by atoms with van der Waals surface area (Å²) in [5.74, 6) is -4.70. The summed E-state index contributed by atoms with van der Waals surface area (Å²) in [5.41, 5.74) is 22.0. The molecule has 4 amide bonds. The monoisotopic (exact) mass is 538 g/mol. The van der Waals surface area contributed by atoms with Crippen LogP contribution in [0.4, 0.5) is 0 Å². The summed E-state index contributed by atoms with van der Waals surface area (Å²) < 4.78 is 0. The zero-order chi connectivity index (χ0) is 28.0. The molecule has 14 nitrogen and oxygen atoms in total. The number of guanidine groups is 1. The Hall–Kier alpha value is -3.85. The summed E-state index contributed by atoms with van der Waals surface area (Å²) in [4.78, 5) is 64.7. The van der Waals surface area contributed by atoms with Crippen molar-refractivity contribution in [2.45, 2.75) is 49.9 Å². The number of carbonyl (C=O) groups is 5. The van der Waals surface area contributed by atoms with E-state index in [0.717, 1.165) is 0 Å². The lowest BCUT2D eigenvalue weighted by atomic mass is 10.1. The van der Waals surface area contributed by atoms with Gasteiger partial charge in [-0.15, -0.1) is 0 Å². The van der Waals surface area contributed by atoms with Gasteiger partial charge in [0.05, 0.1) is 12.5 Å². The van der Waals surface area contributed by atoms with Crippen molar-refractivity contribution in [1.82, 2.24) is 16.0 Å². The number of thiol groups is 1. The summed E-state index contributed by atoms with van der Waals surface area (Å²) in [7, 11) is 0. The average molecular weight is 539 g/mol. The number of carboxylic acids is 1. The Morgan fingerprint density at radius 3 is 2.00 bits per heavy atom. The highest BCUT2D eigenvalue weighted by molar-refractivity contribution is 7.80. The molecule has 0 aliphatic carbocycles. The van der Waals surface area contributed by atoms with E-state index in [2.05, 4.69) is 33.6 Å². The molecule has 0 aliphatic heterocycles. The molecule has 1 aromatic carbocycles. The highest BCUT2D eigenvalue weighted by Gasteiger charge is 2.30. The summed E-state index contributed by atoms with van der Waals surface area (Å²) in [5, 5.41) is 16.8. The van der Waals surface area contributed by atoms with Crippen LogP contribution in [0.15, 0.2) is 35.3 Å². The number of hydrogen-bond donors (Lipinski definition) is 9. The fraction of sp³-hybridized carbons (Fsp3) is 0.455. The molecule has 0 aromatic heterocycles. The number of nitrogens with zero attached hydrogens (tertiary/aromatic N) is 1. The molecule has 15 heteroatoms. The van der Waals surface area contributed by atoms with Gasteiger partial charge in [0.1, 0.15) is 18.1 Å². The Balaban J connectivity index is 2.91. The maximum Gasteiger partial charge on any atom is 0.326 e. The normalized spacial score (nSPS) is 13.8. The van der Waals surface area contributed by atoms with Crippen molar-refractivity contribution in [3.63, 3.8) is 0 Å². The lowest BCUT2D eigenvalue weighted by Gasteiger charge is -2.24. The minimum absolute atomic E-state index is 0.0242. The Labute approximate surface area is 219 Å². The molecule has 1 rings (SSSR count). The number of nitrogens with two attached hydrogens (primary N) is 4. The second-order valence-corrected chi connectivity index (χ2v) is 8.48. The Morgan fingerprint density at radius 1 is 0.892 bits per heavy atom. The smallest absolute Gasteiger partial charge is 0.326 e. The van der Waals surface area contributed by atoms with Crippen molar-refractivity contribution in [1.29, 1.82) is 0 Å². The third-order valence-electron chi connectivity index (χ3n) is 5.05. The molecule has 37 heavy (non-hydrogen) atoms. The molecular weight excluding hydrogens is 504 g/mol. The third-order valence-corrected chi connectivity index (χ3v) is 5.41. The number of primary amides is 1. The fourth-order valence-electron chi connectivity index (χ4n) is 3.15. The second-order valence-electron chi connectivity index (χ2n) is 8.12. The molecule has 12 N–H and O–H groups in total. The molecule has 1 aromatic rings. The first-order chi connectivity index (χ1) is 17.4. The lowest BCUT2D eigenvalue weighted by Crippen LogP contribution is -2.58. The number of amides is 4. The Bertz CT molecular complexity index is 973. The highest BCUT2D eigenvalue weighted by atomic mass is 32.1. The lowest BCUT2D eigenvalue weighted by molar-refractivity contribution is -0.142. The van der Waals surface area contributed by atoms with Crippen LogP contribution in [0.1, 0.15) is 24.8 Å². The van der Waals surface area contributed by atoms with E-state index < -0.39 is 60.2 Å². The van der Waals surface area contributed by atoms with Crippen LogP contribution in [0.2, 0.25) is 0 Å². The SMILES string of the molecule is NC(=O)CC(N)C(=O)NC(CCCN=C(N)N)C(=O)NC(CS)C(=O)NC(Cc1ccccc1)C(=O)O. The Morgan fingerprint density at radius 2 is 1.46 bits per heavy atom.